The molecule has 0 aliphatic carbocycles. The van der Waals surface area contributed by atoms with Crippen LogP contribution in [-0.4, -0.2) is 32.5 Å². The summed E-state index contributed by atoms with van der Waals surface area (Å²) in [5, 5.41) is 6.84. The predicted octanol–water partition coefficient (Wildman–Crippen LogP) is 4.22. The second-order valence-corrected chi connectivity index (χ2v) is 8.03. The van der Waals surface area contributed by atoms with E-state index in [9.17, 15) is 4.79 Å². The van der Waals surface area contributed by atoms with Gasteiger partial charge < -0.3 is 9.42 Å². The van der Waals surface area contributed by atoms with E-state index in [0.29, 0.717) is 24.0 Å². The highest BCUT2D eigenvalue weighted by atomic mass is 32.1. The zero-order valence-electron chi connectivity index (χ0n) is 15.5. The molecular formula is C20H22N4O2S. The molecule has 6 nitrogen and oxygen atoms in total. The van der Waals surface area contributed by atoms with Gasteiger partial charge in [-0.05, 0) is 18.4 Å². The van der Waals surface area contributed by atoms with Gasteiger partial charge in [-0.25, -0.2) is 4.98 Å². The van der Waals surface area contributed by atoms with E-state index in [1.165, 1.54) is 16.9 Å². The second-order valence-electron chi connectivity index (χ2n) is 7.09. The van der Waals surface area contributed by atoms with Gasteiger partial charge >= 0.3 is 0 Å². The van der Waals surface area contributed by atoms with Gasteiger partial charge in [0.25, 0.3) is 5.91 Å². The topological polar surface area (TPSA) is 72.1 Å². The SMILES string of the molecule is CC(C)c1noc([C@@H]2CCCN2C(=O)c2csc(Cc3ccccc3)n2)n1. The molecular weight excluding hydrogens is 360 g/mol. The number of aromatic nitrogens is 3. The number of carbonyl (C=O) groups excluding carboxylic acids is 1. The molecule has 1 atom stereocenters. The minimum Gasteiger partial charge on any atom is -0.337 e. The van der Waals surface area contributed by atoms with Gasteiger partial charge in [0.05, 0.1) is 5.01 Å². The van der Waals surface area contributed by atoms with Crippen LogP contribution in [0.1, 0.15) is 71.4 Å². The predicted molar refractivity (Wildman–Crippen MR) is 103 cm³/mol. The number of likely N-dealkylation sites (tertiary alicyclic amines) is 1. The van der Waals surface area contributed by atoms with Crippen LogP contribution in [0.25, 0.3) is 0 Å². The summed E-state index contributed by atoms with van der Waals surface area (Å²) in [6.07, 6.45) is 2.51. The van der Waals surface area contributed by atoms with Crippen molar-refractivity contribution in [3.8, 4) is 0 Å². The first-order valence-electron chi connectivity index (χ1n) is 9.24. The molecule has 7 heteroatoms. The van der Waals surface area contributed by atoms with Crippen LogP contribution in [-0.2, 0) is 6.42 Å². The molecule has 2 aromatic heterocycles. The van der Waals surface area contributed by atoms with Crippen molar-refractivity contribution < 1.29 is 9.32 Å². The molecule has 1 aliphatic rings. The quantitative estimate of drug-likeness (QED) is 0.661. The van der Waals surface area contributed by atoms with Gasteiger partial charge in [-0.2, -0.15) is 4.98 Å². The van der Waals surface area contributed by atoms with E-state index in [1.807, 2.05) is 42.3 Å². The van der Waals surface area contributed by atoms with E-state index in [2.05, 4.69) is 27.3 Å². The fraction of sp³-hybridized carbons (Fsp3) is 0.400. The number of hydrogen-bond donors (Lipinski definition) is 0. The Morgan fingerprint density at radius 2 is 2.11 bits per heavy atom. The normalized spacial score (nSPS) is 17.0. The van der Waals surface area contributed by atoms with Crippen LogP contribution in [0, 0.1) is 0 Å². The first-order chi connectivity index (χ1) is 13.1. The van der Waals surface area contributed by atoms with Crippen LogP contribution < -0.4 is 0 Å². The molecule has 3 heterocycles. The third-order valence-corrected chi connectivity index (χ3v) is 5.59. The number of hydrogen-bond acceptors (Lipinski definition) is 6. The van der Waals surface area contributed by atoms with Gasteiger partial charge in [-0.1, -0.05) is 49.3 Å². The standard InChI is InChI=1S/C20H22N4O2S/c1-13(2)18-22-19(26-23-18)16-9-6-10-24(16)20(25)15-12-27-17(21-15)11-14-7-4-3-5-8-14/h3-5,7-8,12-13,16H,6,9-11H2,1-2H3/t16-/m0/s1. The lowest BCUT2D eigenvalue weighted by Crippen LogP contribution is -2.31. The maximum atomic E-state index is 13.0. The molecule has 1 aromatic carbocycles. The smallest absolute Gasteiger partial charge is 0.274 e. The number of amides is 1. The van der Waals surface area contributed by atoms with E-state index in [-0.39, 0.29) is 17.9 Å². The number of nitrogens with zero attached hydrogens (tertiary/aromatic N) is 4. The second kappa shape index (κ2) is 7.60. The lowest BCUT2D eigenvalue weighted by molar-refractivity contribution is 0.0704. The molecule has 0 unspecified atom stereocenters. The molecule has 0 bridgehead atoms. The molecule has 0 saturated carbocycles. The van der Waals surface area contributed by atoms with Crippen LogP contribution in [0.4, 0.5) is 0 Å². The summed E-state index contributed by atoms with van der Waals surface area (Å²) in [7, 11) is 0. The first kappa shape index (κ1) is 17.9. The average molecular weight is 382 g/mol. The molecule has 0 N–H and O–H groups in total. The van der Waals surface area contributed by atoms with Gasteiger partial charge in [0.1, 0.15) is 11.7 Å². The van der Waals surface area contributed by atoms with Crippen molar-refractivity contribution in [3.63, 3.8) is 0 Å². The fourth-order valence-corrected chi connectivity index (χ4v) is 4.09. The highest BCUT2D eigenvalue weighted by Gasteiger charge is 2.35. The summed E-state index contributed by atoms with van der Waals surface area (Å²) in [5.74, 6) is 1.36. The van der Waals surface area contributed by atoms with Crippen molar-refractivity contribution in [1.82, 2.24) is 20.0 Å². The Bertz CT molecular complexity index is 919. The van der Waals surface area contributed by atoms with Gasteiger partial charge in [0, 0.05) is 24.3 Å². The number of benzene rings is 1. The van der Waals surface area contributed by atoms with E-state index in [4.69, 9.17) is 4.52 Å². The zero-order valence-corrected chi connectivity index (χ0v) is 16.3. The Kier molecular flexibility index (Phi) is 5.03. The fourth-order valence-electron chi connectivity index (χ4n) is 3.29. The lowest BCUT2D eigenvalue weighted by atomic mass is 10.2. The summed E-state index contributed by atoms with van der Waals surface area (Å²) in [5.41, 5.74) is 1.69. The van der Waals surface area contributed by atoms with Crippen LogP contribution in [0.15, 0.2) is 40.2 Å². The minimum absolute atomic E-state index is 0.0580. The summed E-state index contributed by atoms with van der Waals surface area (Å²) >= 11 is 1.53. The van der Waals surface area contributed by atoms with Crippen molar-refractivity contribution in [2.45, 2.75) is 45.1 Å². The number of thiazole rings is 1. The third-order valence-electron chi connectivity index (χ3n) is 4.74. The van der Waals surface area contributed by atoms with Crippen molar-refractivity contribution in [3.05, 3.63) is 63.7 Å². The molecule has 0 radical (unpaired) electrons. The van der Waals surface area contributed by atoms with Crippen LogP contribution in [0.2, 0.25) is 0 Å². The van der Waals surface area contributed by atoms with E-state index in [1.54, 1.807) is 0 Å². The Morgan fingerprint density at radius 1 is 1.30 bits per heavy atom. The molecule has 3 aromatic rings. The lowest BCUT2D eigenvalue weighted by Gasteiger charge is -2.20. The first-order valence-corrected chi connectivity index (χ1v) is 10.1. The minimum atomic E-state index is -0.156. The Labute approximate surface area is 162 Å². The van der Waals surface area contributed by atoms with Gasteiger partial charge in [-0.15, -0.1) is 11.3 Å². The summed E-state index contributed by atoms with van der Waals surface area (Å²) in [4.78, 5) is 23.9. The van der Waals surface area contributed by atoms with E-state index >= 15 is 0 Å². The van der Waals surface area contributed by atoms with Gasteiger partial charge in [0.2, 0.25) is 5.89 Å². The largest absolute Gasteiger partial charge is 0.337 e. The zero-order chi connectivity index (χ0) is 18.8. The van der Waals surface area contributed by atoms with Crippen molar-refractivity contribution in [2.24, 2.45) is 0 Å². The number of carbonyl (C=O) groups is 1. The van der Waals surface area contributed by atoms with E-state index < -0.39 is 0 Å². The molecule has 4 rings (SSSR count). The average Bonchev–Trinajstić information content (AvgIpc) is 3.41. The maximum absolute atomic E-state index is 13.0. The molecule has 1 saturated heterocycles. The molecule has 1 fully saturated rings. The highest BCUT2D eigenvalue weighted by molar-refractivity contribution is 7.09. The third kappa shape index (κ3) is 3.78. The molecule has 140 valence electrons. The maximum Gasteiger partial charge on any atom is 0.274 e. The molecule has 1 amide bonds. The highest BCUT2D eigenvalue weighted by Crippen LogP contribution is 2.33. The summed E-state index contributed by atoms with van der Waals surface area (Å²) < 4.78 is 5.44. The van der Waals surface area contributed by atoms with Crippen molar-refractivity contribution in [2.75, 3.05) is 6.54 Å². The Balaban J connectivity index is 1.50. The summed E-state index contributed by atoms with van der Waals surface area (Å²) in [6.45, 7) is 4.74. The summed E-state index contributed by atoms with van der Waals surface area (Å²) in [6, 6.07) is 10.0. The van der Waals surface area contributed by atoms with Crippen molar-refractivity contribution in [1.29, 1.82) is 0 Å². The van der Waals surface area contributed by atoms with Crippen LogP contribution >= 0.6 is 11.3 Å². The van der Waals surface area contributed by atoms with E-state index in [0.717, 1.165) is 24.3 Å². The van der Waals surface area contributed by atoms with Gasteiger partial charge in [-0.3, -0.25) is 4.79 Å². The van der Waals surface area contributed by atoms with Crippen LogP contribution in [0.5, 0.6) is 0 Å². The van der Waals surface area contributed by atoms with Crippen LogP contribution in [0.3, 0.4) is 0 Å². The van der Waals surface area contributed by atoms with Gasteiger partial charge in [0.15, 0.2) is 5.82 Å². The Morgan fingerprint density at radius 3 is 2.85 bits per heavy atom. The molecule has 0 spiro atoms. The monoisotopic (exact) mass is 382 g/mol. The molecule has 1 aliphatic heterocycles. The Hall–Kier alpha value is -2.54. The molecule has 27 heavy (non-hydrogen) atoms. The number of rotatable bonds is 5. The van der Waals surface area contributed by atoms with Crippen molar-refractivity contribution >= 4 is 17.2 Å².